The minimum absolute atomic E-state index is 0.176. The molecule has 0 aliphatic carbocycles. The van der Waals surface area contributed by atoms with Crippen LogP contribution >= 0.6 is 0 Å². The highest BCUT2D eigenvalue weighted by Crippen LogP contribution is 2.16. The third kappa shape index (κ3) is 5.10. The molecular formula is C16H24N2O3. The van der Waals surface area contributed by atoms with Crippen LogP contribution in [0.3, 0.4) is 0 Å². The van der Waals surface area contributed by atoms with Gasteiger partial charge in [-0.15, -0.1) is 0 Å². The fraction of sp³-hybridized carbons (Fsp3) is 0.625. The monoisotopic (exact) mass is 292 g/mol. The zero-order chi connectivity index (χ0) is 15.1. The Morgan fingerprint density at radius 3 is 3.10 bits per heavy atom. The van der Waals surface area contributed by atoms with Gasteiger partial charge < -0.3 is 9.47 Å². The average Bonchev–Trinajstić information content (AvgIpc) is 2.99. The van der Waals surface area contributed by atoms with Crippen LogP contribution in [-0.2, 0) is 20.8 Å². The van der Waals surface area contributed by atoms with Crippen LogP contribution in [-0.4, -0.2) is 48.8 Å². The number of hydrogen-bond donors (Lipinski definition) is 0. The molecule has 0 N–H and O–H groups in total. The lowest BCUT2D eigenvalue weighted by atomic mass is 10.2. The molecule has 1 fully saturated rings. The third-order valence-electron chi connectivity index (χ3n) is 3.84. The molecule has 1 aromatic heterocycles. The van der Waals surface area contributed by atoms with Crippen molar-refractivity contribution < 1.29 is 14.3 Å². The number of esters is 1. The maximum absolute atomic E-state index is 11.4. The Hall–Kier alpha value is -1.46. The molecule has 5 nitrogen and oxygen atoms in total. The maximum Gasteiger partial charge on any atom is 0.306 e. The highest BCUT2D eigenvalue weighted by molar-refractivity contribution is 5.69. The standard InChI is InChI=1S/C16H24N2O3/c1-13-5-3-8-17-15(13)12-18(9-7-16(19)20-2)11-14-6-4-10-21-14/h3,5,8,14H,4,6-7,9-12H2,1-2H3. The molecule has 0 radical (unpaired) electrons. The third-order valence-corrected chi connectivity index (χ3v) is 3.84. The van der Waals surface area contributed by atoms with Crippen molar-refractivity contribution in [2.24, 2.45) is 0 Å². The smallest absolute Gasteiger partial charge is 0.306 e. The second kappa shape index (κ2) is 8.10. The highest BCUT2D eigenvalue weighted by atomic mass is 16.5. The number of nitrogens with zero attached hydrogens (tertiary/aromatic N) is 2. The van der Waals surface area contributed by atoms with Crippen LogP contribution < -0.4 is 0 Å². The molecule has 21 heavy (non-hydrogen) atoms. The molecule has 0 bridgehead atoms. The molecule has 0 amide bonds. The molecular weight excluding hydrogens is 268 g/mol. The number of carbonyl (C=O) groups is 1. The summed E-state index contributed by atoms with van der Waals surface area (Å²) in [5.74, 6) is -0.176. The first-order valence-corrected chi connectivity index (χ1v) is 7.50. The van der Waals surface area contributed by atoms with Crippen LogP contribution in [0, 0.1) is 6.92 Å². The van der Waals surface area contributed by atoms with Gasteiger partial charge in [-0.1, -0.05) is 6.07 Å². The van der Waals surface area contributed by atoms with E-state index in [-0.39, 0.29) is 12.1 Å². The lowest BCUT2D eigenvalue weighted by Gasteiger charge is -2.25. The number of hydrogen-bond acceptors (Lipinski definition) is 5. The molecule has 1 aromatic rings. The minimum atomic E-state index is -0.176. The number of rotatable bonds is 7. The van der Waals surface area contributed by atoms with Crippen LogP contribution in [0.25, 0.3) is 0 Å². The van der Waals surface area contributed by atoms with Gasteiger partial charge in [-0.05, 0) is 31.4 Å². The van der Waals surface area contributed by atoms with E-state index in [0.717, 1.165) is 38.2 Å². The number of pyridine rings is 1. The van der Waals surface area contributed by atoms with Crippen molar-refractivity contribution in [1.82, 2.24) is 9.88 Å². The molecule has 2 heterocycles. The van der Waals surface area contributed by atoms with Crippen LogP contribution in [0.5, 0.6) is 0 Å². The molecule has 1 aliphatic rings. The normalized spacial score (nSPS) is 18.1. The largest absolute Gasteiger partial charge is 0.469 e. The summed E-state index contributed by atoms with van der Waals surface area (Å²) in [6.45, 7) is 5.16. The maximum atomic E-state index is 11.4. The topological polar surface area (TPSA) is 51.7 Å². The van der Waals surface area contributed by atoms with Crippen molar-refractivity contribution in [1.29, 1.82) is 0 Å². The molecule has 1 atom stereocenters. The fourth-order valence-electron chi connectivity index (χ4n) is 2.56. The van der Waals surface area contributed by atoms with Gasteiger partial charge in [-0.3, -0.25) is 14.7 Å². The van der Waals surface area contributed by atoms with Gasteiger partial charge >= 0.3 is 5.97 Å². The van der Waals surface area contributed by atoms with Gasteiger partial charge in [0.2, 0.25) is 0 Å². The van der Waals surface area contributed by atoms with Gasteiger partial charge in [0.15, 0.2) is 0 Å². The Morgan fingerprint density at radius 1 is 1.57 bits per heavy atom. The number of methoxy groups -OCH3 is 1. The first kappa shape index (κ1) is 15.9. The molecule has 0 spiro atoms. The first-order valence-electron chi connectivity index (χ1n) is 7.50. The summed E-state index contributed by atoms with van der Waals surface area (Å²) in [7, 11) is 1.43. The van der Waals surface area contributed by atoms with Gasteiger partial charge in [0.05, 0.1) is 25.3 Å². The average molecular weight is 292 g/mol. The SMILES string of the molecule is COC(=O)CCN(Cc1ncccc1C)CC1CCCO1. The van der Waals surface area contributed by atoms with Crippen LogP contribution in [0.2, 0.25) is 0 Å². The van der Waals surface area contributed by atoms with Crippen molar-refractivity contribution in [2.45, 2.75) is 38.8 Å². The van der Waals surface area contributed by atoms with E-state index in [4.69, 9.17) is 9.47 Å². The van der Waals surface area contributed by atoms with E-state index in [1.807, 2.05) is 12.3 Å². The van der Waals surface area contributed by atoms with Gasteiger partial charge in [-0.2, -0.15) is 0 Å². The van der Waals surface area contributed by atoms with E-state index in [9.17, 15) is 4.79 Å². The van der Waals surface area contributed by atoms with Gasteiger partial charge in [0.1, 0.15) is 0 Å². The van der Waals surface area contributed by atoms with Crippen molar-refractivity contribution in [3.05, 3.63) is 29.6 Å². The summed E-state index contributed by atoms with van der Waals surface area (Å²) < 4.78 is 10.4. The number of aryl methyl sites for hydroxylation is 1. The molecule has 1 unspecified atom stereocenters. The van der Waals surface area contributed by atoms with Crippen LogP contribution in [0.15, 0.2) is 18.3 Å². The van der Waals surface area contributed by atoms with E-state index in [2.05, 4.69) is 22.9 Å². The van der Waals surface area contributed by atoms with Gasteiger partial charge in [0.25, 0.3) is 0 Å². The molecule has 2 rings (SSSR count). The van der Waals surface area contributed by atoms with E-state index in [0.29, 0.717) is 13.0 Å². The van der Waals surface area contributed by atoms with E-state index in [1.54, 1.807) is 0 Å². The lowest BCUT2D eigenvalue weighted by molar-refractivity contribution is -0.141. The second-order valence-corrected chi connectivity index (χ2v) is 5.46. The molecule has 1 aliphatic heterocycles. The predicted octanol–water partition coefficient (Wildman–Crippen LogP) is 1.93. The predicted molar refractivity (Wildman–Crippen MR) is 79.9 cm³/mol. The lowest BCUT2D eigenvalue weighted by Crippen LogP contribution is -2.34. The summed E-state index contributed by atoms with van der Waals surface area (Å²) in [6, 6.07) is 4.00. The zero-order valence-electron chi connectivity index (χ0n) is 12.9. The summed E-state index contributed by atoms with van der Waals surface area (Å²) in [5, 5.41) is 0. The number of ether oxygens (including phenoxy) is 2. The zero-order valence-corrected chi connectivity index (χ0v) is 12.9. The van der Waals surface area contributed by atoms with Gasteiger partial charge in [-0.25, -0.2) is 0 Å². The van der Waals surface area contributed by atoms with Crippen LogP contribution in [0.4, 0.5) is 0 Å². The Balaban J connectivity index is 1.96. The molecule has 0 saturated carbocycles. The van der Waals surface area contributed by atoms with E-state index < -0.39 is 0 Å². The number of carbonyl (C=O) groups excluding carboxylic acids is 1. The van der Waals surface area contributed by atoms with Gasteiger partial charge in [0, 0.05) is 32.4 Å². The summed E-state index contributed by atoms with van der Waals surface area (Å²) in [6.07, 6.45) is 4.70. The van der Waals surface area contributed by atoms with Crippen molar-refractivity contribution >= 4 is 5.97 Å². The van der Waals surface area contributed by atoms with Crippen LogP contribution in [0.1, 0.15) is 30.5 Å². The Labute approximate surface area is 126 Å². The second-order valence-electron chi connectivity index (χ2n) is 5.46. The molecule has 1 saturated heterocycles. The Morgan fingerprint density at radius 2 is 2.43 bits per heavy atom. The quantitative estimate of drug-likeness (QED) is 0.719. The fourth-order valence-corrected chi connectivity index (χ4v) is 2.56. The molecule has 5 heteroatoms. The molecule has 0 aromatic carbocycles. The van der Waals surface area contributed by atoms with Crippen molar-refractivity contribution in [3.8, 4) is 0 Å². The molecule has 116 valence electrons. The summed E-state index contributed by atoms with van der Waals surface area (Å²) in [5.41, 5.74) is 2.23. The Bertz CT molecular complexity index is 459. The number of aromatic nitrogens is 1. The van der Waals surface area contributed by atoms with E-state index >= 15 is 0 Å². The van der Waals surface area contributed by atoms with E-state index in [1.165, 1.54) is 12.7 Å². The Kier molecular flexibility index (Phi) is 6.14. The summed E-state index contributed by atoms with van der Waals surface area (Å²) in [4.78, 5) is 18.1. The highest BCUT2D eigenvalue weighted by Gasteiger charge is 2.20. The minimum Gasteiger partial charge on any atom is -0.469 e. The van der Waals surface area contributed by atoms with Crippen molar-refractivity contribution in [2.75, 3.05) is 26.8 Å². The first-order chi connectivity index (χ1) is 10.2. The summed E-state index contributed by atoms with van der Waals surface area (Å²) >= 11 is 0. The van der Waals surface area contributed by atoms with Crippen molar-refractivity contribution in [3.63, 3.8) is 0 Å².